The Kier molecular flexibility index (Phi) is 5.11. The Morgan fingerprint density at radius 2 is 1.97 bits per heavy atom. The normalized spacial score (nSPS) is 21.0. The second-order valence-corrected chi connectivity index (χ2v) is 8.35. The lowest BCUT2D eigenvalue weighted by Gasteiger charge is -2.35. The molecule has 0 unspecified atom stereocenters. The van der Waals surface area contributed by atoms with Crippen molar-refractivity contribution in [2.45, 2.75) is 51.9 Å². The van der Waals surface area contributed by atoms with E-state index in [-0.39, 0.29) is 17.6 Å². The summed E-state index contributed by atoms with van der Waals surface area (Å²) in [6.07, 6.45) is 2.15. The third-order valence-corrected chi connectivity index (χ3v) is 5.96. The predicted octanol–water partition coefficient (Wildman–Crippen LogP) is 4.96. The number of aromatic nitrogens is 1. The molecule has 1 aliphatic heterocycles. The highest BCUT2D eigenvalue weighted by Crippen LogP contribution is 2.49. The van der Waals surface area contributed by atoms with Gasteiger partial charge in [-0.25, -0.2) is 0 Å². The highest BCUT2D eigenvalue weighted by atomic mass is 16.5. The summed E-state index contributed by atoms with van der Waals surface area (Å²) < 4.78 is 16.3. The molecule has 2 aliphatic rings. The maximum Gasteiger partial charge on any atom is 0.232 e. The average molecular weight is 396 g/mol. The van der Waals surface area contributed by atoms with Gasteiger partial charge in [-0.1, -0.05) is 25.1 Å². The minimum atomic E-state index is 0.0475. The topological polar surface area (TPSA) is 73.6 Å². The van der Waals surface area contributed by atoms with Gasteiger partial charge in [-0.2, -0.15) is 0 Å². The van der Waals surface area contributed by atoms with Gasteiger partial charge in [-0.05, 0) is 49.3 Å². The molecule has 2 atom stereocenters. The predicted molar refractivity (Wildman–Crippen MR) is 111 cm³/mol. The number of allylic oxidation sites excluding steroid dienone is 2. The molecule has 29 heavy (non-hydrogen) atoms. The number of carbonyl (C=O) groups excluding carboxylic acids is 1. The van der Waals surface area contributed by atoms with Crippen molar-refractivity contribution < 1.29 is 18.8 Å². The first-order valence-corrected chi connectivity index (χ1v) is 10.1. The minimum absolute atomic E-state index is 0.0475. The lowest BCUT2D eigenvalue weighted by Crippen LogP contribution is -2.29. The van der Waals surface area contributed by atoms with Crippen molar-refractivity contribution >= 4 is 11.7 Å². The minimum Gasteiger partial charge on any atom is -0.493 e. The molecule has 4 rings (SSSR count). The molecular formula is C23H28N2O4. The molecule has 0 saturated heterocycles. The van der Waals surface area contributed by atoms with Crippen LogP contribution >= 0.6 is 0 Å². The molecule has 0 radical (unpaired) electrons. The zero-order valence-electron chi connectivity index (χ0n) is 17.7. The van der Waals surface area contributed by atoms with Crippen LogP contribution in [0.1, 0.15) is 61.8 Å². The van der Waals surface area contributed by atoms with Gasteiger partial charge in [0, 0.05) is 29.2 Å². The van der Waals surface area contributed by atoms with E-state index in [1.165, 1.54) is 0 Å². The molecule has 154 valence electrons. The van der Waals surface area contributed by atoms with Crippen LogP contribution in [0.4, 0.5) is 5.88 Å². The lowest BCUT2D eigenvalue weighted by molar-refractivity contribution is -0.116. The zero-order valence-corrected chi connectivity index (χ0v) is 17.7. The van der Waals surface area contributed by atoms with Gasteiger partial charge in [0.2, 0.25) is 5.88 Å². The van der Waals surface area contributed by atoms with E-state index in [1.54, 1.807) is 14.2 Å². The number of fused-ring (bicyclic) bond motifs is 1. The van der Waals surface area contributed by atoms with Gasteiger partial charge < -0.3 is 19.3 Å². The van der Waals surface area contributed by atoms with E-state index in [1.807, 2.05) is 25.1 Å². The molecule has 0 spiro atoms. The fourth-order valence-electron chi connectivity index (χ4n) is 4.66. The number of hydrogen-bond acceptors (Lipinski definition) is 6. The van der Waals surface area contributed by atoms with Crippen molar-refractivity contribution in [3.8, 4) is 11.5 Å². The number of Topliss-reactive ketones (excluding diaryl/α,β-unsaturated/α-hetero) is 1. The lowest BCUT2D eigenvalue weighted by atomic mass is 9.72. The molecular weight excluding hydrogens is 368 g/mol. The first-order valence-electron chi connectivity index (χ1n) is 10.1. The summed E-state index contributed by atoms with van der Waals surface area (Å²) >= 11 is 0. The molecule has 1 aromatic heterocycles. The van der Waals surface area contributed by atoms with E-state index in [0.29, 0.717) is 29.7 Å². The number of ketones is 1. The molecule has 1 N–H and O–H groups in total. The van der Waals surface area contributed by atoms with Gasteiger partial charge in [-0.3, -0.25) is 4.79 Å². The van der Waals surface area contributed by atoms with Crippen LogP contribution in [0, 0.1) is 12.8 Å². The van der Waals surface area contributed by atoms with E-state index in [2.05, 4.69) is 24.3 Å². The molecule has 0 fully saturated rings. The number of methoxy groups -OCH3 is 2. The van der Waals surface area contributed by atoms with Gasteiger partial charge in [0.1, 0.15) is 0 Å². The van der Waals surface area contributed by atoms with Gasteiger partial charge in [0.25, 0.3) is 0 Å². The van der Waals surface area contributed by atoms with Crippen molar-refractivity contribution in [2.75, 3.05) is 19.5 Å². The van der Waals surface area contributed by atoms with Crippen LogP contribution in [0.25, 0.3) is 0 Å². The monoisotopic (exact) mass is 396 g/mol. The Hall–Kier alpha value is -2.76. The van der Waals surface area contributed by atoms with E-state index in [9.17, 15) is 4.79 Å². The fraction of sp³-hybridized carbons (Fsp3) is 0.478. The van der Waals surface area contributed by atoms with E-state index in [4.69, 9.17) is 14.0 Å². The summed E-state index contributed by atoms with van der Waals surface area (Å²) in [4.78, 5) is 13.3. The van der Waals surface area contributed by atoms with Crippen LogP contribution in [0.2, 0.25) is 0 Å². The van der Waals surface area contributed by atoms with E-state index in [0.717, 1.165) is 40.9 Å². The largest absolute Gasteiger partial charge is 0.493 e. The Balaban J connectivity index is 1.70. The first kappa shape index (κ1) is 19.6. The highest BCUT2D eigenvalue weighted by molar-refractivity contribution is 6.00. The van der Waals surface area contributed by atoms with Crippen LogP contribution in [0.5, 0.6) is 11.5 Å². The van der Waals surface area contributed by atoms with Crippen molar-refractivity contribution in [1.82, 2.24) is 5.16 Å². The molecule has 2 aromatic rings. The Morgan fingerprint density at radius 3 is 2.66 bits per heavy atom. The number of aryl methyl sites for hydroxylation is 1. The van der Waals surface area contributed by atoms with Gasteiger partial charge in [0.05, 0.1) is 19.9 Å². The summed E-state index contributed by atoms with van der Waals surface area (Å²) in [5, 5.41) is 7.53. The maximum atomic E-state index is 13.3. The van der Waals surface area contributed by atoms with Crippen LogP contribution in [-0.2, 0) is 4.79 Å². The smallest absolute Gasteiger partial charge is 0.232 e. The Morgan fingerprint density at radius 1 is 1.21 bits per heavy atom. The summed E-state index contributed by atoms with van der Waals surface area (Å²) in [5.74, 6) is 2.85. The number of anilines is 1. The van der Waals surface area contributed by atoms with Crippen molar-refractivity contribution in [1.29, 1.82) is 0 Å². The average Bonchev–Trinajstić information content (AvgIpc) is 3.07. The van der Waals surface area contributed by atoms with E-state index < -0.39 is 0 Å². The Labute approximate surface area is 171 Å². The van der Waals surface area contributed by atoms with Gasteiger partial charge in [0.15, 0.2) is 17.3 Å². The van der Waals surface area contributed by atoms with Gasteiger partial charge in [-0.15, -0.1) is 0 Å². The number of rotatable bonds is 5. The summed E-state index contributed by atoms with van der Waals surface area (Å²) in [5.41, 5.74) is 4.85. The van der Waals surface area contributed by atoms with Crippen LogP contribution in [0.15, 0.2) is 34.0 Å². The molecule has 0 amide bonds. The number of nitrogens with one attached hydrogen (secondary N) is 1. The molecule has 1 aliphatic carbocycles. The second kappa shape index (κ2) is 7.58. The summed E-state index contributed by atoms with van der Waals surface area (Å²) in [7, 11) is 3.25. The third kappa shape index (κ3) is 3.41. The molecule has 0 bridgehead atoms. The quantitative estimate of drug-likeness (QED) is 0.770. The second-order valence-electron chi connectivity index (χ2n) is 8.35. The number of benzene rings is 1. The molecule has 0 saturated carbocycles. The first-order chi connectivity index (χ1) is 13.9. The summed E-state index contributed by atoms with van der Waals surface area (Å²) in [6.45, 7) is 6.32. The molecule has 6 heteroatoms. The molecule has 6 nitrogen and oxygen atoms in total. The fourth-order valence-corrected chi connectivity index (χ4v) is 4.66. The number of ether oxygens (including phenoxy) is 2. The SMILES string of the molecule is COc1ccc([C@@H]2CC(=O)C3=C(C2)Nc2onc(C)c2[C@H]3CC(C)C)cc1OC. The Bertz CT molecular complexity index is 973. The van der Waals surface area contributed by atoms with Crippen LogP contribution in [0.3, 0.4) is 0 Å². The zero-order chi connectivity index (χ0) is 20.7. The molecule has 2 heterocycles. The number of carbonyl (C=O) groups is 1. The number of nitrogens with zero attached hydrogens (tertiary/aromatic N) is 1. The number of hydrogen-bond donors (Lipinski definition) is 1. The summed E-state index contributed by atoms with van der Waals surface area (Å²) in [6, 6.07) is 5.89. The van der Waals surface area contributed by atoms with Crippen LogP contribution < -0.4 is 14.8 Å². The van der Waals surface area contributed by atoms with E-state index >= 15 is 0 Å². The van der Waals surface area contributed by atoms with Crippen molar-refractivity contribution in [3.63, 3.8) is 0 Å². The van der Waals surface area contributed by atoms with Crippen LogP contribution in [-0.4, -0.2) is 25.2 Å². The maximum absolute atomic E-state index is 13.3. The third-order valence-electron chi connectivity index (χ3n) is 5.96. The van der Waals surface area contributed by atoms with Crippen molar-refractivity contribution in [3.05, 3.63) is 46.3 Å². The molecule has 1 aromatic carbocycles. The standard InChI is InChI=1S/C23H28N2O4/c1-12(2)8-16-21-13(3)25-29-23(21)24-17-9-15(10-18(26)22(16)17)14-6-7-19(27-4)20(11-14)28-5/h6-7,11-12,15-16,24H,8-10H2,1-5H3/t15-,16+/m0/s1. The van der Waals surface area contributed by atoms with Gasteiger partial charge >= 0.3 is 0 Å². The van der Waals surface area contributed by atoms with Crippen molar-refractivity contribution in [2.24, 2.45) is 5.92 Å². The highest BCUT2D eigenvalue weighted by Gasteiger charge is 2.40.